The number of hydrogen-bond donors (Lipinski definition) is 0. The lowest BCUT2D eigenvalue weighted by Crippen LogP contribution is -2.59. The number of anilines is 1. The molecule has 25 heavy (non-hydrogen) atoms. The second kappa shape index (κ2) is 5.42. The van der Waals surface area contributed by atoms with E-state index < -0.39 is 35.7 Å². The third kappa shape index (κ3) is 2.57. The van der Waals surface area contributed by atoms with Crippen LogP contribution in [0.2, 0.25) is 0 Å². The number of carbonyl (C=O) groups is 2. The van der Waals surface area contributed by atoms with E-state index >= 15 is 0 Å². The van der Waals surface area contributed by atoms with Crippen LogP contribution in [0.1, 0.15) is 13.8 Å². The van der Waals surface area contributed by atoms with Gasteiger partial charge in [-0.05, 0) is 38.1 Å². The fourth-order valence-corrected chi connectivity index (χ4v) is 3.35. The van der Waals surface area contributed by atoms with Gasteiger partial charge in [-0.3, -0.25) is 9.69 Å². The standard InChI is InChI=1S/C17H19NO7/c1-16(2)23-12-8-22-17(14(19)13(12)24-16)9-18(15(20)25-17)10-4-6-11(21-3)7-5-10/h4-7,12-13H,8-9H2,1-3H3/t12-,13-,17-/m1/s1. The summed E-state index contributed by atoms with van der Waals surface area (Å²) in [7, 11) is 1.56. The summed E-state index contributed by atoms with van der Waals surface area (Å²) in [6.45, 7) is 3.54. The summed E-state index contributed by atoms with van der Waals surface area (Å²) < 4.78 is 27.4. The number of Topliss-reactive ketones (excluding diaryl/α,β-unsaturated/α-hetero) is 1. The minimum atomic E-state index is -1.66. The van der Waals surface area contributed by atoms with Gasteiger partial charge >= 0.3 is 6.09 Å². The van der Waals surface area contributed by atoms with Crippen molar-refractivity contribution in [2.24, 2.45) is 0 Å². The summed E-state index contributed by atoms with van der Waals surface area (Å²) in [5.41, 5.74) is 0.588. The van der Waals surface area contributed by atoms with Crippen LogP contribution in [0.25, 0.3) is 0 Å². The Bertz CT molecular complexity index is 716. The van der Waals surface area contributed by atoms with Gasteiger partial charge in [-0.1, -0.05) is 0 Å². The van der Waals surface area contributed by atoms with Crippen LogP contribution in [0.3, 0.4) is 0 Å². The molecule has 0 bridgehead atoms. The molecule has 134 valence electrons. The number of amides is 1. The molecule has 0 unspecified atom stereocenters. The molecule has 1 aromatic rings. The second-order valence-corrected chi connectivity index (χ2v) is 6.67. The Morgan fingerprint density at radius 3 is 2.56 bits per heavy atom. The fraction of sp³-hybridized carbons (Fsp3) is 0.529. The van der Waals surface area contributed by atoms with Crippen LogP contribution in [0.15, 0.2) is 24.3 Å². The summed E-state index contributed by atoms with van der Waals surface area (Å²) in [5, 5.41) is 0. The van der Waals surface area contributed by atoms with E-state index in [1.807, 2.05) is 0 Å². The van der Waals surface area contributed by atoms with Crippen LogP contribution in [0.5, 0.6) is 5.75 Å². The number of carbonyl (C=O) groups excluding carboxylic acids is 2. The number of hydrogen-bond acceptors (Lipinski definition) is 7. The van der Waals surface area contributed by atoms with E-state index in [1.54, 1.807) is 45.2 Å². The predicted octanol–water partition coefficient (Wildman–Crippen LogP) is 1.47. The van der Waals surface area contributed by atoms with Crippen molar-refractivity contribution in [3.8, 4) is 5.75 Å². The Hall–Kier alpha value is -2.16. The smallest absolute Gasteiger partial charge is 0.417 e. The monoisotopic (exact) mass is 349 g/mol. The van der Waals surface area contributed by atoms with E-state index in [0.717, 1.165) is 0 Å². The van der Waals surface area contributed by atoms with Gasteiger partial charge in [0, 0.05) is 5.69 Å². The van der Waals surface area contributed by atoms with Gasteiger partial charge in [0.15, 0.2) is 11.9 Å². The first-order valence-electron chi connectivity index (χ1n) is 8.02. The molecule has 1 amide bonds. The Morgan fingerprint density at radius 1 is 1.16 bits per heavy atom. The molecule has 0 saturated carbocycles. The highest BCUT2D eigenvalue weighted by atomic mass is 16.8. The summed E-state index contributed by atoms with van der Waals surface area (Å²) in [4.78, 5) is 26.6. The highest BCUT2D eigenvalue weighted by Gasteiger charge is 2.63. The molecule has 1 spiro atoms. The first kappa shape index (κ1) is 16.3. The molecule has 0 aromatic heterocycles. The van der Waals surface area contributed by atoms with Crippen molar-refractivity contribution < 1.29 is 33.3 Å². The Labute approximate surface area is 144 Å². The highest BCUT2D eigenvalue weighted by molar-refractivity contribution is 6.00. The molecular formula is C17H19NO7. The van der Waals surface area contributed by atoms with E-state index in [0.29, 0.717) is 11.4 Å². The molecule has 0 radical (unpaired) electrons. The van der Waals surface area contributed by atoms with Gasteiger partial charge in [-0.25, -0.2) is 4.79 Å². The van der Waals surface area contributed by atoms with Gasteiger partial charge in [0.1, 0.15) is 18.4 Å². The Kier molecular flexibility index (Phi) is 3.54. The van der Waals surface area contributed by atoms with Crippen LogP contribution in [-0.4, -0.2) is 55.9 Å². The Morgan fingerprint density at radius 2 is 1.88 bits per heavy atom. The average Bonchev–Trinajstić information content (AvgIpc) is 3.09. The normalized spacial score (nSPS) is 33.5. The Balaban J connectivity index is 1.57. The maximum atomic E-state index is 12.9. The topological polar surface area (TPSA) is 83.5 Å². The maximum Gasteiger partial charge on any atom is 0.417 e. The molecular weight excluding hydrogens is 330 g/mol. The molecule has 0 aliphatic carbocycles. The van der Waals surface area contributed by atoms with Crippen molar-refractivity contribution in [1.29, 1.82) is 0 Å². The van der Waals surface area contributed by atoms with Crippen molar-refractivity contribution in [3.05, 3.63) is 24.3 Å². The van der Waals surface area contributed by atoms with Crippen molar-refractivity contribution in [3.63, 3.8) is 0 Å². The van der Waals surface area contributed by atoms with Crippen molar-refractivity contribution in [1.82, 2.24) is 0 Å². The third-order valence-electron chi connectivity index (χ3n) is 4.52. The third-order valence-corrected chi connectivity index (χ3v) is 4.52. The molecule has 8 heteroatoms. The minimum Gasteiger partial charge on any atom is -0.497 e. The number of benzene rings is 1. The van der Waals surface area contributed by atoms with E-state index in [2.05, 4.69) is 0 Å². The van der Waals surface area contributed by atoms with Crippen LogP contribution in [0, 0.1) is 0 Å². The average molecular weight is 349 g/mol. The summed E-state index contributed by atoms with van der Waals surface area (Å²) >= 11 is 0. The van der Waals surface area contributed by atoms with E-state index in [9.17, 15) is 9.59 Å². The molecule has 8 nitrogen and oxygen atoms in total. The van der Waals surface area contributed by atoms with Gasteiger partial charge in [0.25, 0.3) is 5.79 Å². The summed E-state index contributed by atoms with van der Waals surface area (Å²) in [5.74, 6) is -2.31. The fourth-order valence-electron chi connectivity index (χ4n) is 3.35. The minimum absolute atomic E-state index is 0.0377. The summed E-state index contributed by atoms with van der Waals surface area (Å²) in [6.07, 6.45) is -1.95. The number of fused-ring (bicyclic) bond motifs is 1. The molecule has 4 rings (SSSR count). The van der Waals surface area contributed by atoms with Gasteiger partial charge in [-0.2, -0.15) is 0 Å². The largest absolute Gasteiger partial charge is 0.497 e. The van der Waals surface area contributed by atoms with Crippen LogP contribution < -0.4 is 9.64 Å². The number of methoxy groups -OCH3 is 1. The molecule has 0 N–H and O–H groups in total. The molecule has 3 saturated heterocycles. The number of nitrogens with zero attached hydrogens (tertiary/aromatic N) is 1. The zero-order valence-corrected chi connectivity index (χ0v) is 14.2. The molecule has 3 fully saturated rings. The van der Waals surface area contributed by atoms with E-state index in [1.165, 1.54) is 4.90 Å². The zero-order valence-electron chi connectivity index (χ0n) is 14.2. The van der Waals surface area contributed by atoms with Crippen LogP contribution in [-0.2, 0) is 23.7 Å². The number of ketones is 1. The van der Waals surface area contributed by atoms with E-state index in [4.69, 9.17) is 23.7 Å². The highest BCUT2D eigenvalue weighted by Crippen LogP contribution is 2.40. The second-order valence-electron chi connectivity index (χ2n) is 6.67. The lowest BCUT2D eigenvalue weighted by atomic mass is 9.99. The number of rotatable bonds is 2. The number of ether oxygens (including phenoxy) is 5. The van der Waals surface area contributed by atoms with Crippen LogP contribution >= 0.6 is 0 Å². The molecule has 3 aliphatic rings. The SMILES string of the molecule is COc1ccc(N2C[C@@]3(OC[C@H]4OC(C)(C)O[C@H]4C3=O)OC2=O)cc1. The van der Waals surface area contributed by atoms with Gasteiger partial charge in [0.05, 0.1) is 13.7 Å². The van der Waals surface area contributed by atoms with Crippen molar-refractivity contribution >= 4 is 17.6 Å². The first-order valence-corrected chi connectivity index (χ1v) is 8.02. The molecule has 1 aromatic carbocycles. The van der Waals surface area contributed by atoms with Crippen molar-refractivity contribution in [2.75, 3.05) is 25.2 Å². The summed E-state index contributed by atoms with van der Waals surface area (Å²) in [6, 6.07) is 6.88. The molecule has 3 heterocycles. The lowest BCUT2D eigenvalue weighted by molar-refractivity contribution is -0.218. The van der Waals surface area contributed by atoms with Crippen LogP contribution in [0.4, 0.5) is 10.5 Å². The van der Waals surface area contributed by atoms with Crippen molar-refractivity contribution in [2.45, 2.75) is 37.6 Å². The lowest BCUT2D eigenvalue weighted by Gasteiger charge is -2.34. The first-order chi connectivity index (χ1) is 11.8. The molecule has 3 atom stereocenters. The predicted molar refractivity (Wildman–Crippen MR) is 84.3 cm³/mol. The quantitative estimate of drug-likeness (QED) is 0.799. The van der Waals surface area contributed by atoms with Gasteiger partial charge in [-0.15, -0.1) is 0 Å². The van der Waals surface area contributed by atoms with E-state index in [-0.39, 0.29) is 13.2 Å². The zero-order chi connectivity index (χ0) is 17.8. The van der Waals surface area contributed by atoms with Gasteiger partial charge in [0.2, 0.25) is 5.78 Å². The molecule has 3 aliphatic heterocycles. The maximum absolute atomic E-state index is 12.9. The van der Waals surface area contributed by atoms with Gasteiger partial charge < -0.3 is 23.7 Å².